The molecule has 0 bridgehead atoms. The molecule has 1 atom stereocenters. The Labute approximate surface area is 115 Å². The van der Waals surface area contributed by atoms with Gasteiger partial charge in [-0.2, -0.15) is 13.2 Å². The highest BCUT2D eigenvalue weighted by atomic mass is 32.2. The third-order valence-electron chi connectivity index (χ3n) is 2.35. The van der Waals surface area contributed by atoms with Crippen molar-refractivity contribution in [2.24, 2.45) is 0 Å². The monoisotopic (exact) mass is 311 g/mol. The first kappa shape index (κ1) is 16.8. The molecule has 0 radical (unpaired) electrons. The Morgan fingerprint density at radius 1 is 1.35 bits per heavy atom. The van der Waals surface area contributed by atoms with Crippen LogP contribution in [0.2, 0.25) is 0 Å². The maximum Gasteiger partial charge on any atom is 0.433 e. The highest BCUT2D eigenvalue weighted by Gasteiger charge is 2.33. The van der Waals surface area contributed by atoms with Crippen molar-refractivity contribution in [1.29, 1.82) is 0 Å². The van der Waals surface area contributed by atoms with Gasteiger partial charge < -0.3 is 5.32 Å². The van der Waals surface area contributed by atoms with Gasteiger partial charge in [-0.25, -0.2) is 18.4 Å². The zero-order valence-electron chi connectivity index (χ0n) is 11.3. The van der Waals surface area contributed by atoms with E-state index in [2.05, 4.69) is 15.3 Å². The molecule has 5 nitrogen and oxygen atoms in total. The number of rotatable bonds is 5. The third-order valence-corrected chi connectivity index (χ3v) is 3.46. The molecular weight excluding hydrogens is 295 g/mol. The molecule has 0 aliphatic heterocycles. The lowest BCUT2D eigenvalue weighted by atomic mass is 10.3. The zero-order valence-corrected chi connectivity index (χ0v) is 12.1. The molecule has 20 heavy (non-hydrogen) atoms. The molecule has 0 aromatic carbocycles. The van der Waals surface area contributed by atoms with Crippen LogP contribution in [0.25, 0.3) is 0 Å². The molecule has 1 N–H and O–H groups in total. The minimum atomic E-state index is -4.53. The van der Waals surface area contributed by atoms with E-state index in [4.69, 9.17) is 0 Å². The summed E-state index contributed by atoms with van der Waals surface area (Å²) in [5.41, 5.74) is -0.794. The molecule has 0 unspecified atom stereocenters. The molecule has 9 heteroatoms. The van der Waals surface area contributed by atoms with Gasteiger partial charge in [0.1, 0.15) is 21.4 Å². The average molecular weight is 311 g/mol. The van der Waals surface area contributed by atoms with Crippen LogP contribution in [0.1, 0.15) is 24.1 Å². The Morgan fingerprint density at radius 2 is 1.95 bits per heavy atom. The van der Waals surface area contributed by atoms with Crippen molar-refractivity contribution in [1.82, 2.24) is 15.3 Å². The number of nitrogens with one attached hydrogen (secondary N) is 1. The van der Waals surface area contributed by atoms with Crippen molar-refractivity contribution in [3.8, 4) is 0 Å². The van der Waals surface area contributed by atoms with Crippen LogP contribution < -0.4 is 5.32 Å². The number of halogens is 3. The molecule has 0 spiro atoms. The first-order chi connectivity index (χ1) is 8.97. The molecular formula is C11H16F3N3O2S. The van der Waals surface area contributed by atoms with Gasteiger partial charge in [0.05, 0.1) is 12.3 Å². The first-order valence-electron chi connectivity index (χ1n) is 5.80. The second kappa shape index (κ2) is 6.04. The summed E-state index contributed by atoms with van der Waals surface area (Å²) in [6, 6.07) is 0.465. The molecule has 0 aliphatic rings. The van der Waals surface area contributed by atoms with Gasteiger partial charge in [-0.05, 0) is 19.9 Å². The van der Waals surface area contributed by atoms with Crippen LogP contribution in [0.15, 0.2) is 6.07 Å². The maximum absolute atomic E-state index is 12.6. The van der Waals surface area contributed by atoms with Crippen molar-refractivity contribution < 1.29 is 21.6 Å². The number of hydrogen-bond acceptors (Lipinski definition) is 5. The molecule has 114 valence electrons. The molecule has 1 rings (SSSR count). The van der Waals surface area contributed by atoms with E-state index in [1.165, 1.54) is 6.92 Å². The Kier molecular flexibility index (Phi) is 5.09. The normalized spacial score (nSPS) is 14.3. The second-order valence-corrected chi connectivity index (χ2v) is 6.87. The van der Waals surface area contributed by atoms with E-state index in [1.807, 2.05) is 0 Å². The van der Waals surface area contributed by atoms with Gasteiger partial charge in [0.15, 0.2) is 0 Å². The van der Waals surface area contributed by atoms with Crippen molar-refractivity contribution in [2.75, 3.05) is 12.0 Å². The summed E-state index contributed by atoms with van der Waals surface area (Å²) in [4.78, 5) is 7.32. The van der Waals surface area contributed by atoms with Crippen molar-refractivity contribution in [3.63, 3.8) is 0 Å². The summed E-state index contributed by atoms with van der Waals surface area (Å²) in [6.45, 7) is 3.04. The summed E-state index contributed by atoms with van der Waals surface area (Å²) in [5, 5.41) is 2.79. The highest BCUT2D eigenvalue weighted by Crippen LogP contribution is 2.27. The summed E-state index contributed by atoms with van der Waals surface area (Å²) in [5.74, 6) is -0.122. The van der Waals surface area contributed by atoms with Gasteiger partial charge in [-0.1, -0.05) is 0 Å². The molecule has 0 amide bonds. The third kappa shape index (κ3) is 5.83. The largest absolute Gasteiger partial charge is 0.433 e. The van der Waals surface area contributed by atoms with Gasteiger partial charge >= 0.3 is 6.18 Å². The lowest BCUT2D eigenvalue weighted by molar-refractivity contribution is -0.141. The molecule has 0 saturated heterocycles. The summed E-state index contributed by atoms with van der Waals surface area (Å²) >= 11 is 0. The summed E-state index contributed by atoms with van der Waals surface area (Å²) in [6.07, 6.45) is -3.43. The van der Waals surface area contributed by atoms with Gasteiger partial charge in [0.2, 0.25) is 0 Å². The van der Waals surface area contributed by atoms with E-state index in [-0.39, 0.29) is 23.8 Å². The first-order valence-corrected chi connectivity index (χ1v) is 7.86. The zero-order chi connectivity index (χ0) is 15.6. The topological polar surface area (TPSA) is 72.0 Å². The maximum atomic E-state index is 12.6. The average Bonchev–Trinajstić information content (AvgIpc) is 2.22. The fraction of sp³-hybridized carbons (Fsp3) is 0.636. The van der Waals surface area contributed by atoms with Crippen LogP contribution in [0.5, 0.6) is 0 Å². The van der Waals surface area contributed by atoms with Crippen LogP contribution in [-0.2, 0) is 22.6 Å². The van der Waals surface area contributed by atoms with E-state index in [0.29, 0.717) is 0 Å². The predicted octanol–water partition coefficient (Wildman–Crippen LogP) is 1.33. The smallest absolute Gasteiger partial charge is 0.306 e. The molecule has 1 aromatic heterocycles. The standard InChI is InChI=1S/C11H16F3N3O2S/c1-7-4-9(11(12,13)14)17-10(16-7)5-15-8(2)6-20(3,18)19/h4,8,15H,5-6H2,1-3H3/t8-/m0/s1. The molecule has 1 heterocycles. The lowest BCUT2D eigenvalue weighted by Gasteiger charge is -2.13. The van der Waals surface area contributed by atoms with Crippen LogP contribution in [0, 0.1) is 6.92 Å². The Balaban J connectivity index is 2.76. The Morgan fingerprint density at radius 3 is 2.45 bits per heavy atom. The lowest BCUT2D eigenvalue weighted by Crippen LogP contribution is -2.33. The summed E-state index contributed by atoms with van der Waals surface area (Å²) < 4.78 is 59.9. The molecule has 0 aliphatic carbocycles. The van der Waals surface area contributed by atoms with E-state index in [9.17, 15) is 21.6 Å². The van der Waals surface area contributed by atoms with Gasteiger partial charge in [-0.3, -0.25) is 0 Å². The van der Waals surface area contributed by atoms with Gasteiger partial charge in [0.25, 0.3) is 0 Å². The van der Waals surface area contributed by atoms with Crippen LogP contribution in [-0.4, -0.2) is 36.4 Å². The van der Waals surface area contributed by atoms with Crippen LogP contribution in [0.3, 0.4) is 0 Å². The van der Waals surface area contributed by atoms with E-state index in [0.717, 1.165) is 12.3 Å². The fourth-order valence-electron chi connectivity index (χ4n) is 1.63. The van der Waals surface area contributed by atoms with Crippen molar-refractivity contribution in [3.05, 3.63) is 23.3 Å². The molecule has 0 saturated carbocycles. The SMILES string of the molecule is Cc1cc(C(F)(F)F)nc(CN[C@@H](C)CS(C)(=O)=O)n1. The number of aryl methyl sites for hydroxylation is 1. The quantitative estimate of drug-likeness (QED) is 0.888. The Hall–Kier alpha value is -1.22. The number of alkyl halides is 3. The second-order valence-electron chi connectivity index (χ2n) is 4.68. The molecule has 1 aromatic rings. The minimum Gasteiger partial charge on any atom is -0.306 e. The van der Waals surface area contributed by atoms with E-state index >= 15 is 0 Å². The van der Waals surface area contributed by atoms with Crippen molar-refractivity contribution >= 4 is 9.84 Å². The van der Waals surface area contributed by atoms with Crippen LogP contribution in [0.4, 0.5) is 13.2 Å². The van der Waals surface area contributed by atoms with E-state index in [1.54, 1.807) is 6.92 Å². The molecule has 0 fully saturated rings. The fourth-order valence-corrected chi connectivity index (χ4v) is 2.66. The van der Waals surface area contributed by atoms with E-state index < -0.39 is 27.7 Å². The predicted molar refractivity (Wildman–Crippen MR) is 67.8 cm³/mol. The van der Waals surface area contributed by atoms with Gasteiger partial charge in [0, 0.05) is 18.0 Å². The minimum absolute atomic E-state index is 0.0160. The highest BCUT2D eigenvalue weighted by molar-refractivity contribution is 7.90. The van der Waals surface area contributed by atoms with Gasteiger partial charge in [-0.15, -0.1) is 0 Å². The number of nitrogens with zero attached hydrogens (tertiary/aromatic N) is 2. The van der Waals surface area contributed by atoms with Crippen LogP contribution >= 0.6 is 0 Å². The Bertz CT molecular complexity index is 573. The number of aromatic nitrogens is 2. The summed E-state index contributed by atoms with van der Waals surface area (Å²) in [7, 11) is -3.15. The number of hydrogen-bond donors (Lipinski definition) is 1. The number of sulfone groups is 1. The van der Waals surface area contributed by atoms with Crippen molar-refractivity contribution in [2.45, 2.75) is 32.6 Å².